The lowest BCUT2D eigenvalue weighted by Crippen LogP contribution is -1.93. The second-order valence-corrected chi connectivity index (χ2v) is 4.93. The highest BCUT2D eigenvalue weighted by Crippen LogP contribution is 2.49. The van der Waals surface area contributed by atoms with Gasteiger partial charge < -0.3 is 9.05 Å². The first-order chi connectivity index (χ1) is 6.68. The maximum atomic E-state index is 11.9. The number of unbranched alkanes of at least 4 members (excludes halogenated alkanes) is 1. The fourth-order valence-corrected chi connectivity index (χ4v) is 2.37. The Kier molecular flexibility index (Phi) is 7.31. The van der Waals surface area contributed by atoms with Crippen LogP contribution in [0.1, 0.15) is 33.6 Å². The van der Waals surface area contributed by atoms with Crippen LogP contribution in [0.15, 0.2) is 24.7 Å². The van der Waals surface area contributed by atoms with Gasteiger partial charge in [0.25, 0.3) is 0 Å². The maximum Gasteiger partial charge on any atom is 0.429 e. The van der Waals surface area contributed by atoms with E-state index in [1.54, 1.807) is 26.0 Å². The Morgan fingerprint density at radius 1 is 1.14 bits per heavy atom. The Morgan fingerprint density at radius 3 is 2.00 bits per heavy atom. The van der Waals surface area contributed by atoms with Gasteiger partial charge in [-0.15, -0.1) is 0 Å². The molecule has 0 atom stereocenters. The largest absolute Gasteiger partial charge is 0.429 e. The van der Waals surface area contributed by atoms with Crippen molar-refractivity contribution < 1.29 is 13.6 Å². The van der Waals surface area contributed by atoms with Crippen molar-refractivity contribution in [3.8, 4) is 0 Å². The molecule has 0 fully saturated rings. The smallest absolute Gasteiger partial charge is 0.424 e. The van der Waals surface area contributed by atoms with Crippen molar-refractivity contribution in [2.75, 3.05) is 6.16 Å². The third kappa shape index (κ3) is 5.87. The van der Waals surface area contributed by atoms with Crippen LogP contribution in [0.25, 0.3) is 0 Å². The van der Waals surface area contributed by atoms with E-state index >= 15 is 0 Å². The highest BCUT2D eigenvalue weighted by molar-refractivity contribution is 7.54. The van der Waals surface area contributed by atoms with E-state index in [1.165, 1.54) is 12.5 Å². The average Bonchev–Trinajstić information content (AvgIpc) is 2.21. The molecule has 0 N–H and O–H groups in total. The van der Waals surface area contributed by atoms with Crippen LogP contribution in [0.3, 0.4) is 0 Å². The summed E-state index contributed by atoms with van der Waals surface area (Å²) in [6, 6.07) is 0. The van der Waals surface area contributed by atoms with E-state index in [-0.39, 0.29) is 0 Å². The third-order valence-corrected chi connectivity index (χ3v) is 3.25. The summed E-state index contributed by atoms with van der Waals surface area (Å²) in [5, 5.41) is 0. The van der Waals surface area contributed by atoms with Gasteiger partial charge >= 0.3 is 7.60 Å². The Balaban J connectivity index is 4.24. The van der Waals surface area contributed by atoms with Gasteiger partial charge in [0, 0.05) is 0 Å². The van der Waals surface area contributed by atoms with Crippen molar-refractivity contribution in [1.82, 2.24) is 0 Å². The molecule has 3 nitrogen and oxygen atoms in total. The van der Waals surface area contributed by atoms with E-state index in [0.29, 0.717) is 6.16 Å². The summed E-state index contributed by atoms with van der Waals surface area (Å²) >= 11 is 0. The van der Waals surface area contributed by atoms with Crippen LogP contribution in [0.4, 0.5) is 0 Å². The summed E-state index contributed by atoms with van der Waals surface area (Å²) in [5.41, 5.74) is 0. The molecule has 0 spiro atoms. The first kappa shape index (κ1) is 13.3. The lowest BCUT2D eigenvalue weighted by atomic mass is 10.4. The SMILES string of the molecule is CC=COP(=O)(CCCC)OC=CC. The summed E-state index contributed by atoms with van der Waals surface area (Å²) in [6.45, 7) is 5.65. The number of allylic oxidation sites excluding steroid dienone is 2. The van der Waals surface area contributed by atoms with Crippen molar-refractivity contribution >= 4 is 7.60 Å². The third-order valence-electron chi connectivity index (χ3n) is 1.50. The minimum Gasteiger partial charge on any atom is -0.424 e. The van der Waals surface area contributed by atoms with Crippen molar-refractivity contribution in [3.63, 3.8) is 0 Å². The van der Waals surface area contributed by atoms with Gasteiger partial charge in [-0.1, -0.05) is 25.5 Å². The number of hydrogen-bond donors (Lipinski definition) is 0. The predicted molar refractivity (Wildman–Crippen MR) is 59.2 cm³/mol. The first-order valence-corrected chi connectivity index (χ1v) is 6.59. The van der Waals surface area contributed by atoms with Crippen LogP contribution in [0, 0.1) is 0 Å². The standard InChI is InChI=1S/C10H19O3P/c1-4-7-10-14(11,12-8-5-2)13-9-6-3/h5-6,8-9H,4,7,10H2,1-3H3. The average molecular weight is 218 g/mol. The van der Waals surface area contributed by atoms with Gasteiger partial charge in [-0.05, 0) is 20.3 Å². The Bertz CT molecular complexity index is 216. The fourth-order valence-electron chi connectivity index (χ4n) is 0.789. The number of rotatable bonds is 7. The van der Waals surface area contributed by atoms with Crippen molar-refractivity contribution in [2.45, 2.75) is 33.6 Å². The van der Waals surface area contributed by atoms with Crippen LogP contribution < -0.4 is 0 Å². The van der Waals surface area contributed by atoms with E-state index in [1.807, 2.05) is 6.92 Å². The summed E-state index contributed by atoms with van der Waals surface area (Å²) in [7, 11) is -2.94. The topological polar surface area (TPSA) is 35.5 Å². The van der Waals surface area contributed by atoms with Crippen LogP contribution in [0.5, 0.6) is 0 Å². The van der Waals surface area contributed by atoms with Gasteiger partial charge in [0.15, 0.2) is 0 Å². The van der Waals surface area contributed by atoms with Gasteiger partial charge in [-0.3, -0.25) is 0 Å². The second kappa shape index (κ2) is 7.69. The summed E-state index contributed by atoms with van der Waals surface area (Å²) in [5.74, 6) is 0. The zero-order valence-electron chi connectivity index (χ0n) is 9.10. The molecule has 0 aliphatic carbocycles. The molecular formula is C10H19O3P. The molecule has 0 aromatic heterocycles. The molecule has 0 rings (SSSR count). The predicted octanol–water partition coefficient (Wildman–Crippen LogP) is 4.08. The van der Waals surface area contributed by atoms with Gasteiger partial charge in [-0.25, -0.2) is 4.57 Å². The molecule has 0 saturated heterocycles. The van der Waals surface area contributed by atoms with E-state index in [4.69, 9.17) is 9.05 Å². The van der Waals surface area contributed by atoms with Crippen molar-refractivity contribution in [1.29, 1.82) is 0 Å². The zero-order valence-corrected chi connectivity index (χ0v) is 10.00. The molecule has 0 saturated carbocycles. The van der Waals surface area contributed by atoms with Crippen LogP contribution >= 0.6 is 7.60 Å². The summed E-state index contributed by atoms with van der Waals surface area (Å²) in [4.78, 5) is 0. The first-order valence-electron chi connectivity index (χ1n) is 4.86. The normalized spacial score (nSPS) is 15.9. The van der Waals surface area contributed by atoms with E-state index in [0.717, 1.165) is 12.8 Å². The van der Waals surface area contributed by atoms with Crippen LogP contribution in [-0.4, -0.2) is 6.16 Å². The molecule has 0 heterocycles. The molecule has 0 amide bonds. The quantitative estimate of drug-likeness (QED) is 0.477. The Labute approximate surface area is 86.3 Å². The lowest BCUT2D eigenvalue weighted by Gasteiger charge is -2.14. The Morgan fingerprint density at radius 2 is 1.64 bits per heavy atom. The molecule has 0 aliphatic rings. The zero-order chi connectivity index (χ0) is 10.9. The maximum absolute atomic E-state index is 11.9. The molecule has 0 unspecified atom stereocenters. The summed E-state index contributed by atoms with van der Waals surface area (Å²) in [6.07, 6.45) is 8.49. The molecule has 82 valence electrons. The fraction of sp³-hybridized carbons (Fsp3) is 0.600. The van der Waals surface area contributed by atoms with Gasteiger partial charge in [0.2, 0.25) is 0 Å². The van der Waals surface area contributed by atoms with E-state index in [9.17, 15) is 4.57 Å². The molecule has 14 heavy (non-hydrogen) atoms. The highest BCUT2D eigenvalue weighted by atomic mass is 31.2. The van der Waals surface area contributed by atoms with Crippen LogP contribution in [-0.2, 0) is 13.6 Å². The minimum atomic E-state index is -2.94. The monoisotopic (exact) mass is 218 g/mol. The number of hydrogen-bond acceptors (Lipinski definition) is 3. The van der Waals surface area contributed by atoms with E-state index < -0.39 is 7.60 Å². The summed E-state index contributed by atoms with van der Waals surface area (Å²) < 4.78 is 22.1. The molecule has 0 aliphatic heterocycles. The lowest BCUT2D eigenvalue weighted by molar-refractivity contribution is 0.325. The van der Waals surface area contributed by atoms with Gasteiger partial charge in [0.1, 0.15) is 0 Å². The Hall–Kier alpha value is -0.690. The van der Waals surface area contributed by atoms with Gasteiger partial charge in [0.05, 0.1) is 18.7 Å². The molecule has 0 radical (unpaired) electrons. The minimum absolute atomic E-state index is 0.457. The van der Waals surface area contributed by atoms with Gasteiger partial charge in [-0.2, -0.15) is 0 Å². The molecule has 4 heteroatoms. The van der Waals surface area contributed by atoms with Crippen molar-refractivity contribution in [2.24, 2.45) is 0 Å². The van der Waals surface area contributed by atoms with Crippen LogP contribution in [0.2, 0.25) is 0 Å². The molecular weight excluding hydrogens is 199 g/mol. The van der Waals surface area contributed by atoms with E-state index in [2.05, 4.69) is 0 Å². The second-order valence-electron chi connectivity index (χ2n) is 2.84. The molecule has 0 aromatic carbocycles. The molecule has 0 bridgehead atoms. The molecule has 0 aromatic rings. The van der Waals surface area contributed by atoms with Crippen molar-refractivity contribution in [3.05, 3.63) is 24.7 Å². The highest BCUT2D eigenvalue weighted by Gasteiger charge is 2.23.